The molecule has 6 nitrogen and oxygen atoms in total. The number of nitrogens with one attached hydrogen (secondary N) is 2. The SMILES string of the molecule is CCOC(=O)NS(=O)(=O)Nc1cc(Br)ccc1I. The third-order valence-corrected chi connectivity index (χ3v) is 4.02. The Balaban J connectivity index is 2.82. The fourth-order valence-electron chi connectivity index (χ4n) is 1.02. The Morgan fingerprint density at radius 2 is 2.17 bits per heavy atom. The fraction of sp³-hybridized carbons (Fsp3) is 0.222. The molecule has 0 heterocycles. The molecule has 100 valence electrons. The zero-order chi connectivity index (χ0) is 13.8. The van der Waals surface area contributed by atoms with Crippen LogP contribution in [0.5, 0.6) is 0 Å². The van der Waals surface area contributed by atoms with Gasteiger partial charge in [-0.1, -0.05) is 15.9 Å². The van der Waals surface area contributed by atoms with Crippen molar-refractivity contribution in [3.63, 3.8) is 0 Å². The van der Waals surface area contributed by atoms with Crippen LogP contribution < -0.4 is 9.44 Å². The molecule has 1 amide bonds. The van der Waals surface area contributed by atoms with E-state index in [1.165, 1.54) is 0 Å². The number of halogens is 2. The van der Waals surface area contributed by atoms with Crippen molar-refractivity contribution in [1.82, 2.24) is 4.72 Å². The molecule has 2 N–H and O–H groups in total. The van der Waals surface area contributed by atoms with E-state index in [2.05, 4.69) is 25.4 Å². The topological polar surface area (TPSA) is 84.5 Å². The Morgan fingerprint density at radius 1 is 1.50 bits per heavy atom. The summed E-state index contributed by atoms with van der Waals surface area (Å²) in [6, 6.07) is 5.09. The lowest BCUT2D eigenvalue weighted by Gasteiger charge is -2.10. The van der Waals surface area contributed by atoms with Gasteiger partial charge in [-0.25, -0.2) is 9.52 Å². The monoisotopic (exact) mass is 448 g/mol. The summed E-state index contributed by atoms with van der Waals surface area (Å²) in [5.74, 6) is 0. The van der Waals surface area contributed by atoms with E-state index in [4.69, 9.17) is 0 Å². The molecule has 0 atom stereocenters. The Labute approximate surface area is 127 Å². The molecule has 1 rings (SSSR count). The van der Waals surface area contributed by atoms with Crippen molar-refractivity contribution in [3.8, 4) is 0 Å². The molecule has 1 aromatic carbocycles. The summed E-state index contributed by atoms with van der Waals surface area (Å²) in [7, 11) is -4.00. The van der Waals surface area contributed by atoms with Crippen LogP contribution in [0.2, 0.25) is 0 Å². The van der Waals surface area contributed by atoms with Crippen LogP contribution in [0.15, 0.2) is 22.7 Å². The molecule has 0 spiro atoms. The molecule has 0 unspecified atom stereocenters. The van der Waals surface area contributed by atoms with Gasteiger partial charge in [0.05, 0.1) is 12.3 Å². The van der Waals surface area contributed by atoms with Crippen molar-refractivity contribution in [2.75, 3.05) is 11.3 Å². The first-order valence-electron chi connectivity index (χ1n) is 4.76. The molecular formula is C9H10BrIN2O4S. The second-order valence-corrected chi connectivity index (χ2v) is 6.55. The summed E-state index contributed by atoms with van der Waals surface area (Å²) >= 11 is 5.21. The summed E-state index contributed by atoms with van der Waals surface area (Å²) in [6.07, 6.45) is -1.02. The minimum atomic E-state index is -4.00. The molecular weight excluding hydrogens is 439 g/mol. The van der Waals surface area contributed by atoms with Crippen molar-refractivity contribution in [1.29, 1.82) is 0 Å². The minimum Gasteiger partial charge on any atom is -0.449 e. The van der Waals surface area contributed by atoms with Crippen LogP contribution in [-0.2, 0) is 14.9 Å². The highest BCUT2D eigenvalue weighted by Gasteiger charge is 2.16. The largest absolute Gasteiger partial charge is 0.449 e. The Bertz CT molecular complexity index is 549. The molecule has 0 aliphatic rings. The molecule has 0 fully saturated rings. The lowest BCUT2D eigenvalue weighted by Crippen LogP contribution is -2.35. The highest BCUT2D eigenvalue weighted by Crippen LogP contribution is 2.23. The maximum atomic E-state index is 11.6. The highest BCUT2D eigenvalue weighted by atomic mass is 127. The predicted octanol–water partition coefficient (Wildman–Crippen LogP) is 2.46. The molecule has 18 heavy (non-hydrogen) atoms. The first-order chi connectivity index (χ1) is 8.34. The van der Waals surface area contributed by atoms with Gasteiger partial charge in [-0.2, -0.15) is 8.42 Å². The van der Waals surface area contributed by atoms with Crippen LogP contribution in [0.3, 0.4) is 0 Å². The number of carbonyl (C=O) groups excluding carboxylic acids is 1. The number of benzene rings is 1. The highest BCUT2D eigenvalue weighted by molar-refractivity contribution is 14.1. The minimum absolute atomic E-state index is 0.0930. The Morgan fingerprint density at radius 3 is 2.78 bits per heavy atom. The van der Waals surface area contributed by atoms with E-state index in [-0.39, 0.29) is 6.61 Å². The average molecular weight is 449 g/mol. The zero-order valence-electron chi connectivity index (χ0n) is 9.24. The summed E-state index contributed by atoms with van der Waals surface area (Å²) in [6.45, 7) is 1.67. The van der Waals surface area contributed by atoms with Gasteiger partial charge in [0.2, 0.25) is 0 Å². The Hall–Kier alpha value is -0.550. The number of carbonyl (C=O) groups is 1. The van der Waals surface area contributed by atoms with Crippen LogP contribution in [0.4, 0.5) is 10.5 Å². The molecule has 0 saturated carbocycles. The lowest BCUT2D eigenvalue weighted by molar-refractivity contribution is 0.159. The van der Waals surface area contributed by atoms with Crippen LogP contribution in [0.1, 0.15) is 6.92 Å². The maximum absolute atomic E-state index is 11.6. The lowest BCUT2D eigenvalue weighted by atomic mass is 10.3. The first kappa shape index (κ1) is 15.5. The third-order valence-electron chi connectivity index (χ3n) is 1.67. The standard InChI is InChI=1S/C9H10BrIN2O4S/c1-2-17-9(14)13-18(15,16)12-8-5-6(10)3-4-7(8)11/h3-5,12H,2H2,1H3,(H,13,14). The second kappa shape index (κ2) is 6.57. The van der Waals surface area contributed by atoms with Crippen molar-refractivity contribution in [3.05, 3.63) is 26.2 Å². The van der Waals surface area contributed by atoms with Gasteiger partial charge in [0.25, 0.3) is 0 Å². The van der Waals surface area contributed by atoms with E-state index in [1.54, 1.807) is 29.8 Å². The number of hydrogen-bond acceptors (Lipinski definition) is 4. The molecule has 9 heteroatoms. The van der Waals surface area contributed by atoms with E-state index in [0.29, 0.717) is 9.26 Å². The number of ether oxygens (including phenoxy) is 1. The van der Waals surface area contributed by atoms with Gasteiger partial charge in [-0.3, -0.25) is 4.72 Å². The smallest absolute Gasteiger partial charge is 0.422 e. The van der Waals surface area contributed by atoms with Gasteiger partial charge in [-0.15, -0.1) is 0 Å². The number of amides is 1. The van der Waals surface area contributed by atoms with Crippen LogP contribution in [0.25, 0.3) is 0 Å². The van der Waals surface area contributed by atoms with Crippen molar-refractivity contribution in [2.45, 2.75) is 6.92 Å². The van der Waals surface area contributed by atoms with Gasteiger partial charge in [-0.05, 0) is 47.7 Å². The number of rotatable bonds is 4. The number of hydrogen-bond donors (Lipinski definition) is 2. The van der Waals surface area contributed by atoms with E-state index < -0.39 is 16.3 Å². The van der Waals surface area contributed by atoms with E-state index in [9.17, 15) is 13.2 Å². The molecule has 0 aliphatic carbocycles. The third kappa shape index (κ3) is 4.98. The fourth-order valence-corrected chi connectivity index (χ4v) is 2.82. The van der Waals surface area contributed by atoms with Gasteiger partial charge in [0.15, 0.2) is 0 Å². The number of anilines is 1. The van der Waals surface area contributed by atoms with Gasteiger partial charge >= 0.3 is 16.3 Å². The molecule has 1 aromatic rings. The van der Waals surface area contributed by atoms with Crippen molar-refractivity contribution in [2.24, 2.45) is 0 Å². The van der Waals surface area contributed by atoms with Crippen molar-refractivity contribution >= 4 is 60.5 Å². The van der Waals surface area contributed by atoms with Crippen LogP contribution in [-0.4, -0.2) is 21.1 Å². The van der Waals surface area contributed by atoms with Gasteiger partial charge < -0.3 is 4.74 Å². The summed E-state index contributed by atoms with van der Waals surface area (Å²) in [5, 5.41) is 0. The summed E-state index contributed by atoms with van der Waals surface area (Å²) < 4.78 is 33.1. The second-order valence-electron chi connectivity index (χ2n) is 3.05. The van der Waals surface area contributed by atoms with E-state index in [1.807, 2.05) is 22.6 Å². The van der Waals surface area contributed by atoms with E-state index >= 15 is 0 Å². The van der Waals surface area contributed by atoms with Gasteiger partial charge in [0.1, 0.15) is 0 Å². The maximum Gasteiger partial charge on any atom is 0.422 e. The van der Waals surface area contributed by atoms with Crippen LogP contribution >= 0.6 is 38.5 Å². The molecule has 0 radical (unpaired) electrons. The first-order valence-corrected chi connectivity index (χ1v) is 8.12. The van der Waals surface area contributed by atoms with E-state index in [0.717, 1.165) is 4.47 Å². The summed E-state index contributed by atoms with van der Waals surface area (Å²) in [4.78, 5) is 11.0. The molecule has 0 bridgehead atoms. The predicted molar refractivity (Wildman–Crippen MR) is 79.6 cm³/mol. The molecule has 0 aliphatic heterocycles. The molecule has 0 aromatic heterocycles. The average Bonchev–Trinajstić information content (AvgIpc) is 2.22. The zero-order valence-corrected chi connectivity index (χ0v) is 13.8. The van der Waals surface area contributed by atoms with Crippen LogP contribution in [0, 0.1) is 3.57 Å². The van der Waals surface area contributed by atoms with Crippen molar-refractivity contribution < 1.29 is 17.9 Å². The normalized spacial score (nSPS) is 10.8. The molecule has 0 saturated heterocycles. The summed E-state index contributed by atoms with van der Waals surface area (Å²) in [5.41, 5.74) is 0.363. The quantitative estimate of drug-likeness (QED) is 0.693. The Kier molecular flexibility index (Phi) is 5.66. The van der Waals surface area contributed by atoms with Gasteiger partial charge in [0, 0.05) is 8.04 Å².